The zero-order valence-electron chi connectivity index (χ0n) is 12.8. The van der Waals surface area contributed by atoms with Gasteiger partial charge < -0.3 is 5.32 Å². The fourth-order valence-electron chi connectivity index (χ4n) is 3.58. The SMILES string of the molecule is O=C(NC1CC(CC2CCCCC2)NN1)c1ccccc1Br. The van der Waals surface area contributed by atoms with Crippen molar-refractivity contribution in [3.05, 3.63) is 34.3 Å². The van der Waals surface area contributed by atoms with Gasteiger partial charge in [-0.3, -0.25) is 10.2 Å². The van der Waals surface area contributed by atoms with Gasteiger partial charge in [-0.2, -0.15) is 0 Å². The van der Waals surface area contributed by atoms with E-state index < -0.39 is 0 Å². The molecule has 1 saturated carbocycles. The van der Waals surface area contributed by atoms with Crippen LogP contribution in [-0.4, -0.2) is 18.1 Å². The molecular formula is C17H24BrN3O. The average molecular weight is 366 g/mol. The van der Waals surface area contributed by atoms with Crippen molar-refractivity contribution in [1.29, 1.82) is 0 Å². The van der Waals surface area contributed by atoms with Crippen LogP contribution in [0, 0.1) is 5.92 Å². The lowest BCUT2D eigenvalue weighted by Gasteiger charge is -2.24. The molecule has 1 heterocycles. The van der Waals surface area contributed by atoms with E-state index >= 15 is 0 Å². The predicted octanol–water partition coefficient (Wildman–Crippen LogP) is 3.34. The van der Waals surface area contributed by atoms with Crippen molar-refractivity contribution < 1.29 is 4.79 Å². The van der Waals surface area contributed by atoms with Crippen molar-refractivity contribution >= 4 is 21.8 Å². The van der Waals surface area contributed by atoms with Crippen LogP contribution in [-0.2, 0) is 0 Å². The maximum absolute atomic E-state index is 12.3. The Balaban J connectivity index is 1.48. The maximum Gasteiger partial charge on any atom is 0.253 e. The second kappa shape index (κ2) is 7.57. The molecule has 1 saturated heterocycles. The molecule has 0 bridgehead atoms. The van der Waals surface area contributed by atoms with E-state index in [4.69, 9.17) is 0 Å². The molecule has 0 radical (unpaired) electrons. The lowest BCUT2D eigenvalue weighted by atomic mass is 9.84. The molecule has 2 atom stereocenters. The molecule has 22 heavy (non-hydrogen) atoms. The van der Waals surface area contributed by atoms with Crippen molar-refractivity contribution in [3.63, 3.8) is 0 Å². The summed E-state index contributed by atoms with van der Waals surface area (Å²) in [6.07, 6.45) is 9.07. The van der Waals surface area contributed by atoms with Crippen LogP contribution in [0.5, 0.6) is 0 Å². The van der Waals surface area contributed by atoms with E-state index in [-0.39, 0.29) is 12.1 Å². The van der Waals surface area contributed by atoms with Crippen LogP contribution < -0.4 is 16.2 Å². The van der Waals surface area contributed by atoms with Gasteiger partial charge >= 0.3 is 0 Å². The van der Waals surface area contributed by atoms with Crippen LogP contribution in [0.25, 0.3) is 0 Å². The highest BCUT2D eigenvalue weighted by molar-refractivity contribution is 9.10. The van der Waals surface area contributed by atoms with Gasteiger partial charge in [0.2, 0.25) is 0 Å². The molecule has 1 aliphatic heterocycles. The van der Waals surface area contributed by atoms with E-state index in [0.717, 1.165) is 16.8 Å². The first-order valence-electron chi connectivity index (χ1n) is 8.29. The number of hydrazine groups is 1. The summed E-state index contributed by atoms with van der Waals surface area (Å²) in [5.74, 6) is 0.816. The van der Waals surface area contributed by atoms with Gasteiger partial charge in [-0.25, -0.2) is 5.43 Å². The van der Waals surface area contributed by atoms with Crippen LogP contribution in [0.4, 0.5) is 0 Å². The minimum atomic E-state index is -0.0370. The van der Waals surface area contributed by atoms with Crippen molar-refractivity contribution in [2.24, 2.45) is 5.92 Å². The van der Waals surface area contributed by atoms with Gasteiger partial charge in [0, 0.05) is 10.5 Å². The first-order chi connectivity index (χ1) is 10.7. The molecule has 0 aromatic heterocycles. The Kier molecular flexibility index (Phi) is 5.50. The van der Waals surface area contributed by atoms with Gasteiger partial charge in [-0.05, 0) is 46.8 Å². The van der Waals surface area contributed by atoms with Gasteiger partial charge in [0.15, 0.2) is 0 Å². The highest BCUT2D eigenvalue weighted by Gasteiger charge is 2.28. The zero-order valence-corrected chi connectivity index (χ0v) is 14.4. The molecule has 1 aromatic carbocycles. The van der Waals surface area contributed by atoms with Gasteiger partial charge in [0.1, 0.15) is 0 Å². The van der Waals surface area contributed by atoms with Crippen molar-refractivity contribution in [2.75, 3.05) is 0 Å². The summed E-state index contributed by atoms with van der Waals surface area (Å²) in [5, 5.41) is 3.06. The quantitative estimate of drug-likeness (QED) is 0.766. The number of amides is 1. The second-order valence-corrected chi connectivity index (χ2v) is 7.32. The fraction of sp³-hybridized carbons (Fsp3) is 0.588. The first kappa shape index (κ1) is 16.0. The lowest BCUT2D eigenvalue weighted by Crippen LogP contribution is -2.44. The number of nitrogens with one attached hydrogen (secondary N) is 3. The molecule has 3 rings (SSSR count). The summed E-state index contributed by atoms with van der Waals surface area (Å²) in [6.45, 7) is 0. The molecule has 1 aliphatic carbocycles. The third-order valence-corrected chi connectivity index (χ3v) is 5.44. The van der Waals surface area contributed by atoms with E-state index in [2.05, 4.69) is 32.1 Å². The molecule has 1 aromatic rings. The van der Waals surface area contributed by atoms with Crippen molar-refractivity contribution in [1.82, 2.24) is 16.2 Å². The standard InChI is InChI=1S/C17H24BrN3O/c18-15-9-5-4-8-14(15)17(22)19-16-11-13(20-21-16)10-12-6-2-1-3-7-12/h4-5,8-9,12-13,16,20-21H,1-3,6-7,10-11H2,(H,19,22). The number of carbonyl (C=O) groups excluding carboxylic acids is 1. The summed E-state index contributed by atoms with van der Waals surface area (Å²) < 4.78 is 0.831. The Labute approximate surface area is 140 Å². The Morgan fingerprint density at radius 2 is 1.95 bits per heavy atom. The predicted molar refractivity (Wildman–Crippen MR) is 91.3 cm³/mol. The summed E-state index contributed by atoms with van der Waals surface area (Å²) in [5.41, 5.74) is 7.25. The van der Waals surface area contributed by atoms with Crippen LogP contribution in [0.3, 0.4) is 0 Å². The molecule has 120 valence electrons. The highest BCUT2D eigenvalue weighted by atomic mass is 79.9. The lowest BCUT2D eigenvalue weighted by molar-refractivity contribution is 0.0931. The fourth-order valence-corrected chi connectivity index (χ4v) is 4.04. The second-order valence-electron chi connectivity index (χ2n) is 6.47. The monoisotopic (exact) mass is 365 g/mol. The molecule has 0 spiro atoms. The largest absolute Gasteiger partial charge is 0.335 e. The number of carbonyl (C=O) groups is 1. The normalized spacial score (nSPS) is 26.0. The summed E-state index contributed by atoms with van der Waals surface area (Å²) >= 11 is 3.43. The highest BCUT2D eigenvalue weighted by Crippen LogP contribution is 2.28. The van der Waals surface area contributed by atoms with E-state index in [1.807, 2.05) is 24.3 Å². The van der Waals surface area contributed by atoms with Crippen LogP contribution in [0.2, 0.25) is 0 Å². The number of halogens is 1. The van der Waals surface area contributed by atoms with Crippen LogP contribution in [0.15, 0.2) is 28.7 Å². The van der Waals surface area contributed by atoms with E-state index in [9.17, 15) is 4.79 Å². The van der Waals surface area contributed by atoms with E-state index in [0.29, 0.717) is 11.6 Å². The number of hydrogen-bond donors (Lipinski definition) is 3. The summed E-state index contributed by atoms with van der Waals surface area (Å²) in [4.78, 5) is 12.3. The first-order valence-corrected chi connectivity index (χ1v) is 9.08. The van der Waals surface area contributed by atoms with E-state index in [1.165, 1.54) is 38.5 Å². The summed E-state index contributed by atoms with van der Waals surface area (Å²) in [7, 11) is 0. The number of benzene rings is 1. The Morgan fingerprint density at radius 1 is 1.18 bits per heavy atom. The molecule has 5 heteroatoms. The number of rotatable bonds is 4. The summed E-state index contributed by atoms with van der Waals surface area (Å²) in [6, 6.07) is 7.98. The van der Waals surface area contributed by atoms with Gasteiger partial charge in [0.05, 0.1) is 11.7 Å². The molecule has 4 nitrogen and oxygen atoms in total. The Bertz CT molecular complexity index is 516. The minimum absolute atomic E-state index is 0.00759. The maximum atomic E-state index is 12.3. The Morgan fingerprint density at radius 3 is 2.73 bits per heavy atom. The van der Waals surface area contributed by atoms with Crippen molar-refractivity contribution in [2.45, 2.75) is 57.2 Å². The third kappa shape index (κ3) is 4.09. The molecule has 3 N–H and O–H groups in total. The van der Waals surface area contributed by atoms with Gasteiger partial charge in [-0.15, -0.1) is 0 Å². The third-order valence-electron chi connectivity index (χ3n) is 4.75. The van der Waals surface area contributed by atoms with Crippen molar-refractivity contribution in [3.8, 4) is 0 Å². The molecule has 2 fully saturated rings. The molecule has 2 unspecified atom stereocenters. The topological polar surface area (TPSA) is 53.2 Å². The van der Waals surface area contributed by atoms with Crippen LogP contribution in [0.1, 0.15) is 55.3 Å². The van der Waals surface area contributed by atoms with E-state index in [1.54, 1.807) is 0 Å². The molecule has 2 aliphatic rings. The van der Waals surface area contributed by atoms with Gasteiger partial charge in [-0.1, -0.05) is 44.2 Å². The van der Waals surface area contributed by atoms with Gasteiger partial charge in [0.25, 0.3) is 5.91 Å². The minimum Gasteiger partial charge on any atom is -0.335 e. The zero-order chi connectivity index (χ0) is 15.4. The number of hydrogen-bond acceptors (Lipinski definition) is 3. The smallest absolute Gasteiger partial charge is 0.253 e. The van der Waals surface area contributed by atoms with Crippen LogP contribution >= 0.6 is 15.9 Å². The molecular weight excluding hydrogens is 342 g/mol. The average Bonchev–Trinajstić information content (AvgIpc) is 2.95. The molecule has 1 amide bonds. The Hall–Kier alpha value is -0.910.